The molecule has 1 aromatic rings. The SMILES string of the molecule is COCCCNC(=O)/C(C#N)=C\NCCc1cccc(F)c1. The van der Waals surface area contributed by atoms with E-state index >= 15 is 0 Å². The largest absolute Gasteiger partial charge is 0.389 e. The van der Waals surface area contributed by atoms with Crippen LogP contribution in [0.25, 0.3) is 0 Å². The van der Waals surface area contributed by atoms with Gasteiger partial charge in [-0.05, 0) is 30.5 Å². The first-order chi connectivity index (χ1) is 10.7. The van der Waals surface area contributed by atoms with Crippen LogP contribution in [0.1, 0.15) is 12.0 Å². The third kappa shape index (κ3) is 6.86. The molecule has 6 heteroatoms. The first kappa shape index (κ1) is 17.7. The molecule has 1 aromatic carbocycles. The summed E-state index contributed by atoms with van der Waals surface area (Å²) in [6.07, 6.45) is 2.67. The average molecular weight is 305 g/mol. The number of methoxy groups -OCH3 is 1. The maximum Gasteiger partial charge on any atom is 0.263 e. The van der Waals surface area contributed by atoms with E-state index < -0.39 is 5.91 Å². The Morgan fingerprint density at radius 3 is 2.95 bits per heavy atom. The van der Waals surface area contributed by atoms with Crippen LogP contribution in [-0.2, 0) is 16.0 Å². The molecule has 0 spiro atoms. The van der Waals surface area contributed by atoms with Crippen LogP contribution in [0.3, 0.4) is 0 Å². The van der Waals surface area contributed by atoms with Crippen molar-refractivity contribution >= 4 is 5.91 Å². The number of ether oxygens (including phenoxy) is 1. The van der Waals surface area contributed by atoms with Crippen molar-refractivity contribution in [1.29, 1.82) is 5.26 Å². The van der Waals surface area contributed by atoms with Crippen LogP contribution in [0.5, 0.6) is 0 Å². The van der Waals surface area contributed by atoms with Gasteiger partial charge in [0.2, 0.25) is 0 Å². The highest BCUT2D eigenvalue weighted by atomic mass is 19.1. The van der Waals surface area contributed by atoms with Gasteiger partial charge in [0.05, 0.1) is 0 Å². The number of carbonyl (C=O) groups excluding carboxylic acids is 1. The number of rotatable bonds is 9. The zero-order valence-corrected chi connectivity index (χ0v) is 12.6. The Labute approximate surface area is 129 Å². The smallest absolute Gasteiger partial charge is 0.263 e. The summed E-state index contributed by atoms with van der Waals surface area (Å²) in [7, 11) is 1.59. The monoisotopic (exact) mass is 305 g/mol. The van der Waals surface area contributed by atoms with Crippen molar-refractivity contribution in [2.75, 3.05) is 26.8 Å². The molecule has 2 N–H and O–H groups in total. The van der Waals surface area contributed by atoms with E-state index in [1.165, 1.54) is 18.3 Å². The van der Waals surface area contributed by atoms with Gasteiger partial charge in [0.15, 0.2) is 0 Å². The number of nitrogens with zero attached hydrogens (tertiary/aromatic N) is 1. The van der Waals surface area contributed by atoms with Gasteiger partial charge < -0.3 is 15.4 Å². The van der Waals surface area contributed by atoms with Crippen molar-refractivity contribution < 1.29 is 13.9 Å². The molecule has 0 atom stereocenters. The molecule has 0 unspecified atom stereocenters. The Hall–Kier alpha value is -2.39. The van der Waals surface area contributed by atoms with E-state index in [4.69, 9.17) is 10.00 Å². The second-order valence-corrected chi connectivity index (χ2v) is 4.61. The lowest BCUT2D eigenvalue weighted by Gasteiger charge is -2.05. The standard InChI is InChI=1S/C16H20FN3O2/c1-22-9-3-7-20-16(21)14(11-18)12-19-8-6-13-4-2-5-15(17)10-13/h2,4-5,10,12,19H,3,6-9H2,1H3,(H,20,21)/b14-12-. The van der Waals surface area contributed by atoms with E-state index in [0.717, 1.165) is 5.56 Å². The number of carbonyl (C=O) groups is 1. The van der Waals surface area contributed by atoms with E-state index in [0.29, 0.717) is 32.5 Å². The molecule has 0 aliphatic carbocycles. The zero-order valence-electron chi connectivity index (χ0n) is 12.6. The fourth-order valence-electron chi connectivity index (χ4n) is 1.75. The second-order valence-electron chi connectivity index (χ2n) is 4.61. The molecule has 0 fully saturated rings. The van der Waals surface area contributed by atoms with E-state index in [1.807, 2.05) is 12.1 Å². The maximum absolute atomic E-state index is 13.0. The van der Waals surface area contributed by atoms with E-state index in [9.17, 15) is 9.18 Å². The lowest BCUT2D eigenvalue weighted by Crippen LogP contribution is -2.27. The molecule has 0 saturated heterocycles. The molecule has 0 heterocycles. The molecular weight excluding hydrogens is 285 g/mol. The van der Waals surface area contributed by atoms with Crippen LogP contribution in [0.15, 0.2) is 36.0 Å². The van der Waals surface area contributed by atoms with Crippen molar-refractivity contribution in [3.63, 3.8) is 0 Å². The summed E-state index contributed by atoms with van der Waals surface area (Å²) in [5.41, 5.74) is 0.861. The molecule has 0 radical (unpaired) electrons. The number of hydrogen-bond donors (Lipinski definition) is 2. The number of hydrogen-bond acceptors (Lipinski definition) is 4. The van der Waals surface area contributed by atoms with Crippen LogP contribution in [0.2, 0.25) is 0 Å². The molecule has 0 bridgehead atoms. The van der Waals surface area contributed by atoms with E-state index in [-0.39, 0.29) is 11.4 Å². The second kappa shape index (κ2) is 10.4. The lowest BCUT2D eigenvalue weighted by atomic mass is 10.1. The first-order valence-electron chi connectivity index (χ1n) is 7.02. The summed E-state index contributed by atoms with van der Waals surface area (Å²) < 4.78 is 17.9. The highest BCUT2D eigenvalue weighted by molar-refractivity contribution is 5.97. The number of nitrogens with one attached hydrogen (secondary N) is 2. The van der Waals surface area contributed by atoms with Gasteiger partial charge in [0.25, 0.3) is 5.91 Å². The van der Waals surface area contributed by atoms with Crippen LogP contribution in [0.4, 0.5) is 4.39 Å². The molecule has 118 valence electrons. The fourth-order valence-corrected chi connectivity index (χ4v) is 1.75. The van der Waals surface area contributed by atoms with Crippen LogP contribution >= 0.6 is 0 Å². The molecule has 5 nitrogen and oxygen atoms in total. The van der Waals surface area contributed by atoms with Gasteiger partial charge >= 0.3 is 0 Å². The van der Waals surface area contributed by atoms with Crippen molar-refractivity contribution in [2.45, 2.75) is 12.8 Å². The van der Waals surface area contributed by atoms with Crippen molar-refractivity contribution in [3.05, 3.63) is 47.4 Å². The first-order valence-corrected chi connectivity index (χ1v) is 7.02. The minimum absolute atomic E-state index is 0.0108. The van der Waals surface area contributed by atoms with Crippen LogP contribution in [-0.4, -0.2) is 32.7 Å². The van der Waals surface area contributed by atoms with Gasteiger partial charge in [0.1, 0.15) is 17.5 Å². The van der Waals surface area contributed by atoms with Crippen molar-refractivity contribution in [2.24, 2.45) is 0 Å². The van der Waals surface area contributed by atoms with Crippen LogP contribution in [0, 0.1) is 17.1 Å². The minimum Gasteiger partial charge on any atom is -0.389 e. The number of nitriles is 1. The minimum atomic E-state index is -0.420. The molecule has 0 aliphatic rings. The number of halogens is 1. The highest BCUT2D eigenvalue weighted by Gasteiger charge is 2.07. The lowest BCUT2D eigenvalue weighted by molar-refractivity contribution is -0.117. The zero-order chi connectivity index (χ0) is 16.2. The normalized spacial score (nSPS) is 10.9. The molecule has 0 aromatic heterocycles. The summed E-state index contributed by atoms with van der Waals surface area (Å²) in [6, 6.07) is 8.16. The molecule has 22 heavy (non-hydrogen) atoms. The summed E-state index contributed by atoms with van der Waals surface area (Å²) in [5.74, 6) is -0.696. The fraction of sp³-hybridized carbons (Fsp3) is 0.375. The Kier molecular flexibility index (Phi) is 8.31. The highest BCUT2D eigenvalue weighted by Crippen LogP contribution is 2.03. The summed E-state index contributed by atoms with van der Waals surface area (Å²) in [5, 5.41) is 14.5. The quantitative estimate of drug-likeness (QED) is 0.412. The van der Waals surface area contributed by atoms with Crippen molar-refractivity contribution in [1.82, 2.24) is 10.6 Å². The van der Waals surface area contributed by atoms with Gasteiger partial charge in [-0.3, -0.25) is 4.79 Å². The Bertz CT molecular complexity index is 553. The molecule has 0 aliphatic heterocycles. The molecule has 1 amide bonds. The summed E-state index contributed by atoms with van der Waals surface area (Å²) in [6.45, 7) is 1.51. The van der Waals surface area contributed by atoms with Gasteiger partial charge in [-0.1, -0.05) is 12.1 Å². The van der Waals surface area contributed by atoms with Crippen LogP contribution < -0.4 is 10.6 Å². The van der Waals surface area contributed by atoms with E-state index in [1.54, 1.807) is 13.2 Å². The Balaban J connectivity index is 2.35. The predicted molar refractivity (Wildman–Crippen MR) is 81.3 cm³/mol. The summed E-state index contributed by atoms with van der Waals surface area (Å²) in [4.78, 5) is 11.7. The summed E-state index contributed by atoms with van der Waals surface area (Å²) >= 11 is 0. The third-order valence-corrected chi connectivity index (χ3v) is 2.87. The topological polar surface area (TPSA) is 74.1 Å². The molecular formula is C16H20FN3O2. The van der Waals surface area contributed by atoms with Gasteiger partial charge in [0, 0.05) is 33.0 Å². The Morgan fingerprint density at radius 2 is 2.27 bits per heavy atom. The number of amides is 1. The number of benzene rings is 1. The average Bonchev–Trinajstić information content (AvgIpc) is 2.51. The Morgan fingerprint density at radius 1 is 1.45 bits per heavy atom. The van der Waals surface area contributed by atoms with E-state index in [2.05, 4.69) is 10.6 Å². The van der Waals surface area contributed by atoms with Crippen molar-refractivity contribution in [3.8, 4) is 6.07 Å². The maximum atomic E-state index is 13.0. The predicted octanol–water partition coefficient (Wildman–Crippen LogP) is 1.52. The van der Waals surface area contributed by atoms with Gasteiger partial charge in [-0.25, -0.2) is 4.39 Å². The molecule has 0 saturated carbocycles. The van der Waals surface area contributed by atoms with Gasteiger partial charge in [-0.2, -0.15) is 5.26 Å². The third-order valence-electron chi connectivity index (χ3n) is 2.87. The van der Waals surface area contributed by atoms with Gasteiger partial charge in [-0.15, -0.1) is 0 Å². The molecule has 1 rings (SSSR count).